The van der Waals surface area contributed by atoms with Crippen molar-refractivity contribution in [2.45, 2.75) is 32.1 Å². The number of likely N-dealkylation sites (tertiary alicyclic amines) is 1. The summed E-state index contributed by atoms with van der Waals surface area (Å²) in [5, 5.41) is 12.5. The van der Waals surface area contributed by atoms with Crippen LogP contribution < -0.4 is 15.8 Å². The number of benzene rings is 1. The lowest BCUT2D eigenvalue weighted by Gasteiger charge is -2.19. The molecule has 1 aliphatic heterocycles. The van der Waals surface area contributed by atoms with Crippen LogP contribution in [0, 0.1) is 5.82 Å². The molecule has 162 valence electrons. The fourth-order valence-corrected chi connectivity index (χ4v) is 3.94. The average molecular weight is 457 g/mol. The molecule has 2 heterocycles. The highest BCUT2D eigenvalue weighted by Gasteiger charge is 2.22. The molecule has 7 nitrogen and oxygen atoms in total. The van der Waals surface area contributed by atoms with E-state index in [1.54, 1.807) is 13.0 Å². The van der Waals surface area contributed by atoms with Crippen molar-refractivity contribution in [2.24, 2.45) is 0 Å². The number of anilines is 1. The van der Waals surface area contributed by atoms with Gasteiger partial charge in [0.25, 0.3) is 0 Å². The Morgan fingerprint density at radius 1 is 1.50 bits per heavy atom. The van der Waals surface area contributed by atoms with E-state index in [2.05, 4.69) is 10.3 Å². The fourth-order valence-electron chi connectivity index (χ4n) is 3.27. The SMILES string of the molecule is CC(Oc1cc(CNC(=O)CN2CC[C@@H](O)C2)cnc1N)c1c(Cl)ccc(F)c1Cl. The maximum atomic E-state index is 13.8. The van der Waals surface area contributed by atoms with Crippen LogP contribution in [0.25, 0.3) is 0 Å². The molecular formula is C20H23Cl2FN4O3. The van der Waals surface area contributed by atoms with Crippen molar-refractivity contribution in [3.05, 3.63) is 51.4 Å². The summed E-state index contributed by atoms with van der Waals surface area (Å²) < 4.78 is 19.6. The van der Waals surface area contributed by atoms with E-state index in [1.807, 2.05) is 4.90 Å². The number of nitrogens with two attached hydrogens (primary N) is 1. The molecule has 30 heavy (non-hydrogen) atoms. The monoisotopic (exact) mass is 456 g/mol. The Morgan fingerprint density at radius 2 is 2.27 bits per heavy atom. The number of amides is 1. The van der Waals surface area contributed by atoms with Gasteiger partial charge in [-0.05, 0) is 37.1 Å². The van der Waals surface area contributed by atoms with Crippen LogP contribution >= 0.6 is 23.2 Å². The summed E-state index contributed by atoms with van der Waals surface area (Å²) in [6.45, 7) is 3.31. The van der Waals surface area contributed by atoms with E-state index in [9.17, 15) is 14.3 Å². The molecule has 0 aliphatic carbocycles. The third kappa shape index (κ3) is 5.51. The van der Waals surface area contributed by atoms with E-state index in [1.165, 1.54) is 18.3 Å². The van der Waals surface area contributed by atoms with Crippen LogP contribution in [0.15, 0.2) is 24.4 Å². The molecule has 1 unspecified atom stereocenters. The van der Waals surface area contributed by atoms with Gasteiger partial charge < -0.3 is 20.9 Å². The first kappa shape index (κ1) is 22.6. The molecule has 0 radical (unpaired) electrons. The molecule has 1 aromatic heterocycles. The standard InChI is InChI=1S/C20H23Cl2FN4O3/c1-11(18-14(21)2-3-15(23)19(18)22)30-16-6-12(8-26-20(16)24)7-25-17(29)10-27-5-4-13(28)9-27/h2-3,6,8,11,13,28H,4-5,7,9-10H2,1H3,(H2,24,26)(H,25,29)/t11?,13-/m1/s1. The van der Waals surface area contributed by atoms with Gasteiger partial charge in [-0.25, -0.2) is 9.37 Å². The highest BCUT2D eigenvalue weighted by molar-refractivity contribution is 6.36. The van der Waals surface area contributed by atoms with Crippen LogP contribution in [0.4, 0.5) is 10.2 Å². The van der Waals surface area contributed by atoms with Gasteiger partial charge in [-0.3, -0.25) is 9.69 Å². The Balaban J connectivity index is 1.64. The Morgan fingerprint density at radius 3 is 2.97 bits per heavy atom. The van der Waals surface area contributed by atoms with Crippen molar-refractivity contribution in [2.75, 3.05) is 25.4 Å². The molecule has 2 atom stereocenters. The highest BCUT2D eigenvalue weighted by atomic mass is 35.5. The first-order valence-electron chi connectivity index (χ1n) is 9.46. The molecule has 1 fully saturated rings. The van der Waals surface area contributed by atoms with Crippen molar-refractivity contribution >= 4 is 34.9 Å². The number of hydrogen-bond donors (Lipinski definition) is 3. The van der Waals surface area contributed by atoms with Crippen LogP contribution in [0.3, 0.4) is 0 Å². The molecule has 0 bridgehead atoms. The number of pyridine rings is 1. The number of ether oxygens (including phenoxy) is 1. The van der Waals surface area contributed by atoms with Gasteiger partial charge in [-0.15, -0.1) is 0 Å². The summed E-state index contributed by atoms with van der Waals surface area (Å²) in [6.07, 6.45) is 1.15. The number of aliphatic hydroxyl groups excluding tert-OH is 1. The number of nitrogen functional groups attached to an aromatic ring is 1. The lowest BCUT2D eigenvalue weighted by molar-refractivity contribution is -0.122. The predicted molar refractivity (Wildman–Crippen MR) is 113 cm³/mol. The van der Waals surface area contributed by atoms with E-state index >= 15 is 0 Å². The second-order valence-corrected chi connectivity index (χ2v) is 7.98. The van der Waals surface area contributed by atoms with E-state index < -0.39 is 11.9 Å². The van der Waals surface area contributed by atoms with Gasteiger partial charge in [0, 0.05) is 36.4 Å². The molecule has 3 rings (SSSR count). The Bertz CT molecular complexity index is 931. The molecule has 4 N–H and O–H groups in total. The van der Waals surface area contributed by atoms with E-state index in [4.69, 9.17) is 33.7 Å². The van der Waals surface area contributed by atoms with Gasteiger partial charge in [0.15, 0.2) is 11.6 Å². The third-order valence-corrected chi connectivity index (χ3v) is 5.55. The van der Waals surface area contributed by atoms with Crippen LogP contribution in [-0.4, -0.2) is 46.6 Å². The van der Waals surface area contributed by atoms with Crippen LogP contribution in [0.2, 0.25) is 10.0 Å². The van der Waals surface area contributed by atoms with Crippen LogP contribution in [0.1, 0.15) is 30.6 Å². The van der Waals surface area contributed by atoms with Gasteiger partial charge >= 0.3 is 0 Å². The maximum absolute atomic E-state index is 13.8. The Labute approximate surface area is 183 Å². The lowest BCUT2D eigenvalue weighted by atomic mass is 10.1. The van der Waals surface area contributed by atoms with Crippen molar-refractivity contribution in [3.63, 3.8) is 0 Å². The number of rotatable bonds is 7. The number of aliphatic hydroxyl groups is 1. The summed E-state index contributed by atoms with van der Waals surface area (Å²) in [5.74, 6) is -0.338. The summed E-state index contributed by atoms with van der Waals surface area (Å²) in [7, 11) is 0. The van der Waals surface area contributed by atoms with Gasteiger partial charge in [0.1, 0.15) is 11.9 Å². The zero-order valence-corrected chi connectivity index (χ0v) is 17.9. The number of nitrogens with one attached hydrogen (secondary N) is 1. The second-order valence-electron chi connectivity index (χ2n) is 7.20. The minimum absolute atomic E-state index is 0.114. The van der Waals surface area contributed by atoms with Crippen molar-refractivity contribution < 1.29 is 19.0 Å². The minimum Gasteiger partial charge on any atom is -0.482 e. The Kier molecular flexibility index (Phi) is 7.36. The number of nitrogens with zero attached hydrogens (tertiary/aromatic N) is 2. The molecule has 0 saturated carbocycles. The van der Waals surface area contributed by atoms with Gasteiger partial charge in [0.05, 0.1) is 17.7 Å². The highest BCUT2D eigenvalue weighted by Crippen LogP contribution is 2.36. The van der Waals surface area contributed by atoms with Crippen molar-refractivity contribution in [1.29, 1.82) is 0 Å². The van der Waals surface area contributed by atoms with E-state index in [0.717, 1.165) is 0 Å². The first-order chi connectivity index (χ1) is 14.2. The topological polar surface area (TPSA) is 101 Å². The fraction of sp³-hybridized carbons (Fsp3) is 0.400. The molecule has 2 aromatic rings. The smallest absolute Gasteiger partial charge is 0.234 e. The zero-order chi connectivity index (χ0) is 21.8. The number of carbonyl (C=O) groups is 1. The summed E-state index contributed by atoms with van der Waals surface area (Å²) in [5.41, 5.74) is 6.89. The Hall–Kier alpha value is -2.13. The maximum Gasteiger partial charge on any atom is 0.234 e. The van der Waals surface area contributed by atoms with Crippen molar-refractivity contribution in [3.8, 4) is 5.75 Å². The van der Waals surface area contributed by atoms with Crippen LogP contribution in [0.5, 0.6) is 5.75 Å². The van der Waals surface area contributed by atoms with Gasteiger partial charge in [0.2, 0.25) is 5.91 Å². The van der Waals surface area contributed by atoms with Gasteiger partial charge in [-0.1, -0.05) is 23.2 Å². The molecule has 1 aromatic carbocycles. The largest absolute Gasteiger partial charge is 0.482 e. The summed E-state index contributed by atoms with van der Waals surface area (Å²) >= 11 is 12.2. The third-order valence-electron chi connectivity index (χ3n) is 4.83. The summed E-state index contributed by atoms with van der Waals surface area (Å²) in [4.78, 5) is 18.1. The summed E-state index contributed by atoms with van der Waals surface area (Å²) in [6, 6.07) is 4.24. The van der Waals surface area contributed by atoms with E-state index in [-0.39, 0.29) is 46.7 Å². The lowest BCUT2D eigenvalue weighted by Crippen LogP contribution is -2.36. The molecule has 1 aliphatic rings. The second kappa shape index (κ2) is 9.78. The predicted octanol–water partition coefficient (Wildman–Crippen LogP) is 2.93. The van der Waals surface area contributed by atoms with E-state index in [0.29, 0.717) is 30.6 Å². The van der Waals surface area contributed by atoms with Crippen molar-refractivity contribution in [1.82, 2.24) is 15.2 Å². The molecule has 0 spiro atoms. The average Bonchev–Trinajstić information content (AvgIpc) is 3.10. The first-order valence-corrected chi connectivity index (χ1v) is 10.2. The minimum atomic E-state index is -0.684. The molecule has 1 amide bonds. The quantitative estimate of drug-likeness (QED) is 0.553. The number of halogens is 3. The zero-order valence-electron chi connectivity index (χ0n) is 16.4. The molecular weight excluding hydrogens is 434 g/mol. The number of hydrogen-bond acceptors (Lipinski definition) is 6. The normalized spacial score (nSPS) is 17.7. The molecule has 10 heteroatoms. The van der Waals surface area contributed by atoms with Crippen LogP contribution in [-0.2, 0) is 11.3 Å². The number of β-amino-alcohol motifs (C(OH)–C–C–N with tert-alkyl or cyclic N) is 1. The number of carbonyl (C=O) groups excluding carboxylic acids is 1. The number of aromatic nitrogens is 1. The molecule has 1 saturated heterocycles. The van der Waals surface area contributed by atoms with Gasteiger partial charge in [-0.2, -0.15) is 0 Å².